The summed E-state index contributed by atoms with van der Waals surface area (Å²) in [5, 5.41) is 12.5. The van der Waals surface area contributed by atoms with Crippen molar-refractivity contribution in [3.05, 3.63) is 35.9 Å². The van der Waals surface area contributed by atoms with Crippen molar-refractivity contribution < 1.29 is 9.90 Å². The number of aliphatic hydroxyl groups is 1. The average molecular weight is 285 g/mol. The number of para-hydroxylation sites is 1. The van der Waals surface area contributed by atoms with Crippen molar-refractivity contribution in [2.45, 2.75) is 12.8 Å². The number of hydrogen-bond donors (Lipinski definition) is 2. The lowest BCUT2D eigenvalue weighted by atomic mass is 10.1. The van der Waals surface area contributed by atoms with E-state index in [0.29, 0.717) is 5.56 Å². The molecule has 0 spiro atoms. The van der Waals surface area contributed by atoms with Crippen LogP contribution in [-0.4, -0.2) is 42.2 Å². The topological polar surface area (TPSA) is 65.5 Å². The van der Waals surface area contributed by atoms with Crippen molar-refractivity contribution in [2.24, 2.45) is 0 Å². The SMILES string of the molecule is O=C(NCCO)c1cc2ccccc2nc1N1CCCC1. The first-order valence-electron chi connectivity index (χ1n) is 7.33. The van der Waals surface area contributed by atoms with Gasteiger partial charge >= 0.3 is 0 Å². The molecule has 2 N–H and O–H groups in total. The van der Waals surface area contributed by atoms with E-state index in [9.17, 15) is 4.79 Å². The zero-order valence-corrected chi connectivity index (χ0v) is 11.9. The van der Waals surface area contributed by atoms with E-state index >= 15 is 0 Å². The third-order valence-electron chi connectivity index (χ3n) is 3.75. The van der Waals surface area contributed by atoms with E-state index in [1.165, 1.54) is 0 Å². The normalized spacial score (nSPS) is 14.6. The minimum Gasteiger partial charge on any atom is -0.395 e. The Kier molecular flexibility index (Phi) is 4.01. The molecule has 21 heavy (non-hydrogen) atoms. The van der Waals surface area contributed by atoms with Gasteiger partial charge in [0, 0.05) is 25.0 Å². The van der Waals surface area contributed by atoms with Crippen molar-refractivity contribution in [1.82, 2.24) is 10.3 Å². The Balaban J connectivity index is 2.05. The minimum atomic E-state index is -0.177. The molecular formula is C16H19N3O2. The number of rotatable bonds is 4. The Morgan fingerprint density at radius 3 is 2.81 bits per heavy atom. The summed E-state index contributed by atoms with van der Waals surface area (Å²) in [7, 11) is 0. The highest BCUT2D eigenvalue weighted by Crippen LogP contribution is 2.26. The van der Waals surface area contributed by atoms with Crippen molar-refractivity contribution in [3.8, 4) is 0 Å². The van der Waals surface area contributed by atoms with Gasteiger partial charge < -0.3 is 15.3 Å². The lowest BCUT2D eigenvalue weighted by Gasteiger charge is -2.20. The summed E-state index contributed by atoms with van der Waals surface area (Å²) in [5.41, 5.74) is 1.49. The third-order valence-corrected chi connectivity index (χ3v) is 3.75. The van der Waals surface area contributed by atoms with Crippen LogP contribution in [0.5, 0.6) is 0 Å². The van der Waals surface area contributed by atoms with Crippen LogP contribution in [0, 0.1) is 0 Å². The molecule has 1 aliphatic heterocycles. The Bertz CT molecular complexity index is 651. The van der Waals surface area contributed by atoms with E-state index in [2.05, 4.69) is 15.2 Å². The summed E-state index contributed by atoms with van der Waals surface area (Å²) in [4.78, 5) is 19.2. The minimum absolute atomic E-state index is 0.0637. The average Bonchev–Trinajstić information content (AvgIpc) is 3.05. The molecule has 2 heterocycles. The van der Waals surface area contributed by atoms with Gasteiger partial charge in [0.1, 0.15) is 5.82 Å². The molecule has 1 aromatic heterocycles. The maximum Gasteiger partial charge on any atom is 0.255 e. The fourth-order valence-corrected chi connectivity index (χ4v) is 2.71. The molecule has 1 aromatic carbocycles. The van der Waals surface area contributed by atoms with Crippen molar-refractivity contribution in [1.29, 1.82) is 0 Å². The fraction of sp³-hybridized carbons (Fsp3) is 0.375. The first-order valence-corrected chi connectivity index (χ1v) is 7.33. The van der Waals surface area contributed by atoms with Crippen LogP contribution >= 0.6 is 0 Å². The molecule has 0 atom stereocenters. The summed E-state index contributed by atoms with van der Waals surface area (Å²) < 4.78 is 0. The van der Waals surface area contributed by atoms with Gasteiger partial charge in [-0.15, -0.1) is 0 Å². The predicted molar refractivity (Wildman–Crippen MR) is 82.6 cm³/mol. The van der Waals surface area contributed by atoms with Crippen LogP contribution in [-0.2, 0) is 0 Å². The summed E-state index contributed by atoms with van der Waals surface area (Å²) in [6.07, 6.45) is 2.26. The maximum atomic E-state index is 12.3. The molecule has 2 aromatic rings. The van der Waals surface area contributed by atoms with Crippen LogP contribution in [0.1, 0.15) is 23.2 Å². The van der Waals surface area contributed by atoms with Crippen molar-refractivity contribution >= 4 is 22.6 Å². The lowest BCUT2D eigenvalue weighted by molar-refractivity contribution is 0.0945. The van der Waals surface area contributed by atoms with Gasteiger partial charge in [-0.05, 0) is 25.0 Å². The second-order valence-corrected chi connectivity index (χ2v) is 5.23. The van der Waals surface area contributed by atoms with Gasteiger partial charge in [-0.3, -0.25) is 4.79 Å². The summed E-state index contributed by atoms with van der Waals surface area (Å²) in [6.45, 7) is 2.06. The first-order chi connectivity index (χ1) is 10.3. The number of aromatic nitrogens is 1. The van der Waals surface area contributed by atoms with Crippen LogP contribution in [0.2, 0.25) is 0 Å². The zero-order chi connectivity index (χ0) is 14.7. The van der Waals surface area contributed by atoms with E-state index in [1.807, 2.05) is 30.3 Å². The molecule has 1 fully saturated rings. The van der Waals surface area contributed by atoms with Gasteiger partial charge in [-0.25, -0.2) is 4.98 Å². The van der Waals surface area contributed by atoms with Gasteiger partial charge in [-0.1, -0.05) is 18.2 Å². The van der Waals surface area contributed by atoms with E-state index in [1.54, 1.807) is 0 Å². The number of amides is 1. The number of aliphatic hydroxyl groups excluding tert-OH is 1. The number of nitrogens with one attached hydrogen (secondary N) is 1. The number of carbonyl (C=O) groups excluding carboxylic acids is 1. The molecule has 1 amide bonds. The van der Waals surface area contributed by atoms with Gasteiger partial charge in [0.15, 0.2) is 0 Å². The molecule has 0 unspecified atom stereocenters. The molecule has 5 nitrogen and oxygen atoms in total. The fourth-order valence-electron chi connectivity index (χ4n) is 2.71. The van der Waals surface area contributed by atoms with E-state index in [0.717, 1.165) is 42.7 Å². The number of fused-ring (bicyclic) bond motifs is 1. The Labute approximate surface area is 123 Å². The smallest absolute Gasteiger partial charge is 0.255 e. The van der Waals surface area contributed by atoms with Crippen LogP contribution in [0.3, 0.4) is 0 Å². The molecule has 0 radical (unpaired) electrons. The number of hydrogen-bond acceptors (Lipinski definition) is 4. The predicted octanol–water partition coefficient (Wildman–Crippen LogP) is 1.56. The van der Waals surface area contributed by atoms with Crippen LogP contribution in [0.25, 0.3) is 10.9 Å². The largest absolute Gasteiger partial charge is 0.395 e. The van der Waals surface area contributed by atoms with Crippen molar-refractivity contribution in [3.63, 3.8) is 0 Å². The standard InChI is InChI=1S/C16H19N3O2/c20-10-7-17-16(21)13-11-12-5-1-2-6-14(12)18-15(13)19-8-3-4-9-19/h1-2,5-6,11,20H,3-4,7-10H2,(H,17,21). The molecule has 5 heteroatoms. The third kappa shape index (κ3) is 2.83. The van der Waals surface area contributed by atoms with E-state index in [-0.39, 0.29) is 19.1 Å². The monoisotopic (exact) mass is 285 g/mol. The summed E-state index contributed by atoms with van der Waals surface area (Å²) in [5.74, 6) is 0.575. The van der Waals surface area contributed by atoms with Gasteiger partial charge in [-0.2, -0.15) is 0 Å². The molecule has 0 saturated carbocycles. The molecule has 3 rings (SSSR count). The Morgan fingerprint density at radius 1 is 1.29 bits per heavy atom. The van der Waals surface area contributed by atoms with Gasteiger partial charge in [0.25, 0.3) is 5.91 Å². The van der Waals surface area contributed by atoms with Gasteiger partial charge in [0.2, 0.25) is 0 Å². The number of pyridine rings is 1. The molecule has 1 aliphatic rings. The summed E-state index contributed by atoms with van der Waals surface area (Å²) >= 11 is 0. The highest BCUT2D eigenvalue weighted by molar-refractivity contribution is 6.02. The van der Waals surface area contributed by atoms with Crippen LogP contribution in [0.15, 0.2) is 30.3 Å². The van der Waals surface area contributed by atoms with Gasteiger partial charge in [0.05, 0.1) is 17.7 Å². The van der Waals surface area contributed by atoms with Crippen molar-refractivity contribution in [2.75, 3.05) is 31.1 Å². The molecule has 0 bridgehead atoms. The lowest BCUT2D eigenvalue weighted by Crippen LogP contribution is -2.30. The zero-order valence-electron chi connectivity index (χ0n) is 11.9. The second kappa shape index (κ2) is 6.10. The van der Waals surface area contributed by atoms with Crippen LogP contribution < -0.4 is 10.2 Å². The van der Waals surface area contributed by atoms with E-state index in [4.69, 9.17) is 5.11 Å². The molecular weight excluding hydrogens is 266 g/mol. The molecule has 110 valence electrons. The Morgan fingerprint density at radius 2 is 2.05 bits per heavy atom. The summed E-state index contributed by atoms with van der Waals surface area (Å²) in [6, 6.07) is 9.70. The Hall–Kier alpha value is -2.14. The number of nitrogens with zero attached hydrogens (tertiary/aromatic N) is 2. The second-order valence-electron chi connectivity index (χ2n) is 5.23. The maximum absolute atomic E-state index is 12.3. The highest BCUT2D eigenvalue weighted by Gasteiger charge is 2.21. The van der Waals surface area contributed by atoms with Crippen LogP contribution in [0.4, 0.5) is 5.82 Å². The number of anilines is 1. The quantitative estimate of drug-likeness (QED) is 0.894. The van der Waals surface area contributed by atoms with E-state index < -0.39 is 0 Å². The number of benzene rings is 1. The first kappa shape index (κ1) is 13.8. The number of carbonyl (C=O) groups is 1. The highest BCUT2D eigenvalue weighted by atomic mass is 16.3. The molecule has 1 saturated heterocycles. The molecule has 0 aliphatic carbocycles.